The van der Waals surface area contributed by atoms with Crippen LogP contribution in [0.15, 0.2) is 18.2 Å². The number of aryl methyl sites for hydroxylation is 1. The predicted molar refractivity (Wildman–Crippen MR) is 64.5 cm³/mol. The molecule has 4 heteroatoms. The zero-order valence-electron chi connectivity index (χ0n) is 9.92. The van der Waals surface area contributed by atoms with Gasteiger partial charge in [0, 0.05) is 12.6 Å². The van der Waals surface area contributed by atoms with Crippen LogP contribution in [0.4, 0.5) is 4.39 Å². The zero-order valence-corrected chi connectivity index (χ0v) is 9.92. The van der Waals surface area contributed by atoms with Crippen molar-refractivity contribution in [1.82, 2.24) is 10.6 Å². The van der Waals surface area contributed by atoms with Crippen molar-refractivity contribution in [2.45, 2.75) is 25.8 Å². The van der Waals surface area contributed by atoms with Crippen molar-refractivity contribution < 1.29 is 9.18 Å². The Bertz CT molecular complexity index is 414. The number of hydrogen-bond donors (Lipinski definition) is 2. The molecule has 1 amide bonds. The molecule has 2 N–H and O–H groups in total. The van der Waals surface area contributed by atoms with Gasteiger partial charge < -0.3 is 10.6 Å². The smallest absolute Gasteiger partial charge is 0.254 e. The lowest BCUT2D eigenvalue weighted by Gasteiger charge is -2.12. The maximum absolute atomic E-state index is 13.7. The summed E-state index contributed by atoms with van der Waals surface area (Å²) in [6, 6.07) is 5.19. The first-order valence-electron chi connectivity index (χ1n) is 5.95. The molecule has 1 fully saturated rings. The van der Waals surface area contributed by atoms with E-state index in [1.165, 1.54) is 6.07 Å². The van der Waals surface area contributed by atoms with E-state index in [2.05, 4.69) is 10.6 Å². The summed E-state index contributed by atoms with van der Waals surface area (Å²) in [4.78, 5) is 11.8. The highest BCUT2D eigenvalue weighted by molar-refractivity contribution is 5.94. The minimum absolute atomic E-state index is 0.128. The number of halogens is 1. The quantitative estimate of drug-likeness (QED) is 0.837. The van der Waals surface area contributed by atoms with Gasteiger partial charge in [-0.1, -0.05) is 12.1 Å². The van der Waals surface area contributed by atoms with Gasteiger partial charge in [0.15, 0.2) is 0 Å². The van der Waals surface area contributed by atoms with Gasteiger partial charge in [-0.3, -0.25) is 4.79 Å². The zero-order chi connectivity index (χ0) is 12.3. The second-order valence-electron chi connectivity index (χ2n) is 4.44. The second kappa shape index (κ2) is 5.27. The molecule has 3 nitrogen and oxygen atoms in total. The van der Waals surface area contributed by atoms with Crippen LogP contribution < -0.4 is 10.6 Å². The average molecular weight is 236 g/mol. The Morgan fingerprint density at radius 1 is 1.59 bits per heavy atom. The number of amides is 1. The summed E-state index contributed by atoms with van der Waals surface area (Å²) in [6.07, 6.45) is 2.20. The largest absolute Gasteiger partial charge is 0.350 e. The van der Waals surface area contributed by atoms with Crippen molar-refractivity contribution in [1.29, 1.82) is 0 Å². The molecule has 0 aromatic heterocycles. The SMILES string of the molecule is Cc1cccc(C(=O)NCC2CCCN2)c1F. The van der Waals surface area contributed by atoms with Crippen molar-refractivity contribution in [2.24, 2.45) is 0 Å². The summed E-state index contributed by atoms with van der Waals surface area (Å²) in [5.41, 5.74) is 0.625. The number of carbonyl (C=O) groups is 1. The van der Waals surface area contributed by atoms with Gasteiger partial charge in [0.05, 0.1) is 5.56 Å². The molecule has 1 saturated heterocycles. The van der Waals surface area contributed by atoms with E-state index in [4.69, 9.17) is 0 Å². The van der Waals surface area contributed by atoms with Crippen molar-refractivity contribution >= 4 is 5.91 Å². The summed E-state index contributed by atoms with van der Waals surface area (Å²) >= 11 is 0. The normalized spacial score (nSPS) is 19.3. The van der Waals surface area contributed by atoms with Gasteiger partial charge in [-0.25, -0.2) is 4.39 Å². The van der Waals surface area contributed by atoms with E-state index in [-0.39, 0.29) is 11.5 Å². The fourth-order valence-corrected chi connectivity index (χ4v) is 2.06. The molecule has 17 heavy (non-hydrogen) atoms. The van der Waals surface area contributed by atoms with E-state index in [0.29, 0.717) is 18.2 Å². The number of carbonyl (C=O) groups excluding carboxylic acids is 1. The molecule has 1 atom stereocenters. The lowest BCUT2D eigenvalue weighted by molar-refractivity contribution is 0.0946. The third kappa shape index (κ3) is 2.82. The first kappa shape index (κ1) is 12.0. The van der Waals surface area contributed by atoms with E-state index >= 15 is 0 Å². The van der Waals surface area contributed by atoms with E-state index in [9.17, 15) is 9.18 Å². The van der Waals surface area contributed by atoms with Gasteiger partial charge in [0.2, 0.25) is 0 Å². The van der Waals surface area contributed by atoms with Gasteiger partial charge in [0.25, 0.3) is 5.91 Å². The Morgan fingerprint density at radius 3 is 3.12 bits per heavy atom. The van der Waals surface area contributed by atoms with Crippen LogP contribution in [0.25, 0.3) is 0 Å². The van der Waals surface area contributed by atoms with Gasteiger partial charge in [-0.2, -0.15) is 0 Å². The topological polar surface area (TPSA) is 41.1 Å². The molecular weight excluding hydrogens is 219 g/mol. The molecule has 1 aliphatic heterocycles. The maximum Gasteiger partial charge on any atom is 0.254 e. The predicted octanol–water partition coefficient (Wildman–Crippen LogP) is 1.62. The minimum atomic E-state index is -0.426. The molecule has 2 rings (SSSR count). The number of hydrogen-bond acceptors (Lipinski definition) is 2. The van der Waals surface area contributed by atoms with Crippen LogP contribution in [-0.2, 0) is 0 Å². The lowest BCUT2D eigenvalue weighted by atomic mass is 10.1. The standard InChI is InChI=1S/C13H17FN2O/c1-9-4-2-6-11(12(9)14)13(17)16-8-10-5-3-7-15-10/h2,4,6,10,15H,3,5,7-8H2,1H3,(H,16,17). The van der Waals surface area contributed by atoms with Crippen LogP contribution in [0.2, 0.25) is 0 Å². The van der Waals surface area contributed by atoms with Gasteiger partial charge >= 0.3 is 0 Å². The van der Waals surface area contributed by atoms with Crippen molar-refractivity contribution in [3.05, 3.63) is 35.1 Å². The maximum atomic E-state index is 13.7. The molecular formula is C13H17FN2O. The summed E-state index contributed by atoms with van der Waals surface area (Å²) < 4.78 is 13.7. The monoisotopic (exact) mass is 236 g/mol. The molecule has 1 unspecified atom stereocenters. The molecule has 1 aliphatic rings. The fraction of sp³-hybridized carbons (Fsp3) is 0.462. The van der Waals surface area contributed by atoms with E-state index < -0.39 is 5.82 Å². The molecule has 1 heterocycles. The highest BCUT2D eigenvalue weighted by Crippen LogP contribution is 2.12. The Labute approximate surface area is 100 Å². The first-order chi connectivity index (χ1) is 8.18. The summed E-state index contributed by atoms with van der Waals surface area (Å²) in [5.74, 6) is -0.760. The Morgan fingerprint density at radius 2 is 2.41 bits per heavy atom. The number of rotatable bonds is 3. The third-order valence-electron chi connectivity index (χ3n) is 3.11. The third-order valence-corrected chi connectivity index (χ3v) is 3.11. The second-order valence-corrected chi connectivity index (χ2v) is 4.44. The van der Waals surface area contributed by atoms with Gasteiger partial charge in [-0.15, -0.1) is 0 Å². The molecule has 0 saturated carbocycles. The van der Waals surface area contributed by atoms with Gasteiger partial charge in [0.1, 0.15) is 5.82 Å². The van der Waals surface area contributed by atoms with Crippen LogP contribution in [0.1, 0.15) is 28.8 Å². The van der Waals surface area contributed by atoms with E-state index in [1.54, 1.807) is 19.1 Å². The lowest BCUT2D eigenvalue weighted by Crippen LogP contribution is -2.37. The summed E-state index contributed by atoms with van der Waals surface area (Å²) in [7, 11) is 0. The molecule has 0 aliphatic carbocycles. The van der Waals surface area contributed by atoms with Crippen molar-refractivity contribution in [2.75, 3.05) is 13.1 Å². The fourth-order valence-electron chi connectivity index (χ4n) is 2.06. The molecule has 92 valence electrons. The molecule has 0 radical (unpaired) electrons. The Hall–Kier alpha value is -1.42. The summed E-state index contributed by atoms with van der Waals surface area (Å²) in [5, 5.41) is 6.05. The number of benzene rings is 1. The molecule has 0 bridgehead atoms. The molecule has 1 aromatic rings. The highest BCUT2D eigenvalue weighted by atomic mass is 19.1. The van der Waals surface area contributed by atoms with E-state index in [1.807, 2.05) is 0 Å². The van der Waals surface area contributed by atoms with Crippen LogP contribution >= 0.6 is 0 Å². The van der Waals surface area contributed by atoms with E-state index in [0.717, 1.165) is 19.4 Å². The van der Waals surface area contributed by atoms with Gasteiger partial charge in [-0.05, 0) is 37.9 Å². The highest BCUT2D eigenvalue weighted by Gasteiger charge is 2.17. The Kier molecular flexibility index (Phi) is 3.74. The first-order valence-corrected chi connectivity index (χ1v) is 5.95. The van der Waals surface area contributed by atoms with Crippen LogP contribution in [-0.4, -0.2) is 25.0 Å². The van der Waals surface area contributed by atoms with Crippen LogP contribution in [0.3, 0.4) is 0 Å². The molecule has 1 aromatic carbocycles. The Balaban J connectivity index is 1.97. The average Bonchev–Trinajstić information content (AvgIpc) is 2.82. The summed E-state index contributed by atoms with van der Waals surface area (Å²) in [6.45, 7) is 3.22. The minimum Gasteiger partial charge on any atom is -0.350 e. The van der Waals surface area contributed by atoms with Crippen LogP contribution in [0, 0.1) is 12.7 Å². The molecule has 0 spiro atoms. The van der Waals surface area contributed by atoms with Crippen molar-refractivity contribution in [3.8, 4) is 0 Å². The van der Waals surface area contributed by atoms with Crippen LogP contribution in [0.5, 0.6) is 0 Å². The van der Waals surface area contributed by atoms with Crippen molar-refractivity contribution in [3.63, 3.8) is 0 Å². The number of nitrogens with one attached hydrogen (secondary N) is 2.